The number of aliphatic hydroxyl groups excluding tert-OH is 1. The second kappa shape index (κ2) is 7.45. The van der Waals surface area contributed by atoms with E-state index in [0.29, 0.717) is 5.92 Å². The Balaban J connectivity index is 2.00. The van der Waals surface area contributed by atoms with Crippen LogP contribution in [-0.4, -0.2) is 5.11 Å². The van der Waals surface area contributed by atoms with Crippen molar-refractivity contribution in [1.82, 2.24) is 0 Å². The number of aryl methyl sites for hydroxylation is 3. The van der Waals surface area contributed by atoms with Gasteiger partial charge in [-0.25, -0.2) is 0 Å². The van der Waals surface area contributed by atoms with E-state index in [1.807, 2.05) is 0 Å². The van der Waals surface area contributed by atoms with Gasteiger partial charge in [0, 0.05) is 0 Å². The summed E-state index contributed by atoms with van der Waals surface area (Å²) in [4.78, 5) is 0. The van der Waals surface area contributed by atoms with Crippen molar-refractivity contribution < 1.29 is 5.11 Å². The first kappa shape index (κ1) is 16.5. The van der Waals surface area contributed by atoms with E-state index in [1.54, 1.807) is 0 Å². The molecule has 1 aromatic rings. The normalized spacial score (nSPS) is 24.0. The van der Waals surface area contributed by atoms with E-state index in [1.165, 1.54) is 67.2 Å². The van der Waals surface area contributed by atoms with Crippen molar-refractivity contribution in [3.05, 3.63) is 34.4 Å². The van der Waals surface area contributed by atoms with Gasteiger partial charge >= 0.3 is 0 Å². The van der Waals surface area contributed by atoms with Gasteiger partial charge < -0.3 is 5.11 Å². The number of benzene rings is 1. The highest BCUT2D eigenvalue weighted by Crippen LogP contribution is 2.40. The highest BCUT2D eigenvalue weighted by atomic mass is 16.3. The van der Waals surface area contributed by atoms with Crippen molar-refractivity contribution >= 4 is 0 Å². The van der Waals surface area contributed by atoms with Gasteiger partial charge in [-0.2, -0.15) is 0 Å². The molecule has 0 spiro atoms. The summed E-state index contributed by atoms with van der Waals surface area (Å²) in [5.74, 6) is 1.37. The van der Waals surface area contributed by atoms with Crippen LogP contribution in [0.5, 0.6) is 0 Å². The van der Waals surface area contributed by atoms with Crippen LogP contribution in [0.15, 0.2) is 12.1 Å². The van der Waals surface area contributed by atoms with Crippen molar-refractivity contribution in [2.75, 3.05) is 0 Å². The summed E-state index contributed by atoms with van der Waals surface area (Å²) in [5, 5.41) is 10.9. The summed E-state index contributed by atoms with van der Waals surface area (Å²) in [6.07, 6.45) is 8.82. The molecule has 0 radical (unpaired) electrons. The first-order valence-electron chi connectivity index (χ1n) is 8.78. The summed E-state index contributed by atoms with van der Waals surface area (Å²) in [5.41, 5.74) is 5.00. The van der Waals surface area contributed by atoms with Gasteiger partial charge in [-0.05, 0) is 62.1 Å². The average Bonchev–Trinajstić information content (AvgIpc) is 2.44. The molecule has 1 N–H and O–H groups in total. The van der Waals surface area contributed by atoms with Crippen LogP contribution in [0.1, 0.15) is 80.2 Å². The van der Waals surface area contributed by atoms with Crippen molar-refractivity contribution in [1.29, 1.82) is 0 Å². The second-order valence-electron chi connectivity index (χ2n) is 7.18. The number of hydrogen-bond acceptors (Lipinski definition) is 1. The molecule has 1 aliphatic rings. The van der Waals surface area contributed by atoms with Crippen molar-refractivity contribution in [3.8, 4) is 0 Å². The van der Waals surface area contributed by atoms with Crippen LogP contribution >= 0.6 is 0 Å². The van der Waals surface area contributed by atoms with Gasteiger partial charge in [-0.15, -0.1) is 0 Å². The minimum absolute atomic E-state index is 0.266. The highest BCUT2D eigenvalue weighted by molar-refractivity contribution is 5.39. The molecule has 1 saturated carbocycles. The number of aliphatic hydroxyl groups is 1. The molecular weight excluding hydrogens is 256 g/mol. The molecule has 1 nitrogen and oxygen atoms in total. The Morgan fingerprint density at radius 2 is 1.62 bits per heavy atom. The molecule has 21 heavy (non-hydrogen) atoms. The fourth-order valence-electron chi connectivity index (χ4n) is 4.18. The minimum atomic E-state index is -0.266. The van der Waals surface area contributed by atoms with Crippen LogP contribution in [-0.2, 0) is 0 Å². The summed E-state index contributed by atoms with van der Waals surface area (Å²) in [6.45, 7) is 8.70. The van der Waals surface area contributed by atoms with Crippen LogP contribution < -0.4 is 0 Å². The van der Waals surface area contributed by atoms with Crippen LogP contribution in [0.25, 0.3) is 0 Å². The van der Waals surface area contributed by atoms with Gasteiger partial charge in [0.1, 0.15) is 0 Å². The van der Waals surface area contributed by atoms with Crippen molar-refractivity contribution in [2.24, 2.45) is 11.8 Å². The summed E-state index contributed by atoms with van der Waals surface area (Å²) in [7, 11) is 0. The quantitative estimate of drug-likeness (QED) is 0.743. The van der Waals surface area contributed by atoms with Gasteiger partial charge in [0.25, 0.3) is 0 Å². The Hall–Kier alpha value is -0.820. The lowest BCUT2D eigenvalue weighted by Crippen LogP contribution is -2.21. The lowest BCUT2D eigenvalue weighted by Gasteiger charge is -2.33. The Kier molecular flexibility index (Phi) is 5.87. The molecular formula is C20H32O. The fourth-order valence-corrected chi connectivity index (χ4v) is 4.18. The molecule has 1 atom stereocenters. The predicted octanol–water partition coefficient (Wildman–Crippen LogP) is 5.64. The Morgan fingerprint density at radius 3 is 2.14 bits per heavy atom. The third-order valence-corrected chi connectivity index (χ3v) is 5.34. The number of rotatable bonds is 5. The van der Waals surface area contributed by atoms with E-state index in [-0.39, 0.29) is 6.10 Å². The van der Waals surface area contributed by atoms with Crippen LogP contribution in [0.4, 0.5) is 0 Å². The van der Waals surface area contributed by atoms with Gasteiger partial charge in [-0.3, -0.25) is 0 Å². The van der Waals surface area contributed by atoms with Gasteiger partial charge in [-0.1, -0.05) is 56.7 Å². The SMILES string of the molecule is CCCCC1CCC(C(O)c2c(C)cc(C)cc2C)CC1. The second-order valence-corrected chi connectivity index (χ2v) is 7.18. The monoisotopic (exact) mass is 288 g/mol. The third-order valence-electron chi connectivity index (χ3n) is 5.34. The maximum Gasteiger partial charge on any atom is 0.0823 e. The van der Waals surface area contributed by atoms with Crippen molar-refractivity contribution in [3.63, 3.8) is 0 Å². The molecule has 1 fully saturated rings. The zero-order chi connectivity index (χ0) is 15.4. The molecule has 0 saturated heterocycles. The summed E-state index contributed by atoms with van der Waals surface area (Å²) >= 11 is 0. The predicted molar refractivity (Wildman–Crippen MR) is 90.6 cm³/mol. The highest BCUT2D eigenvalue weighted by Gasteiger charge is 2.28. The Morgan fingerprint density at radius 1 is 1.05 bits per heavy atom. The van der Waals surface area contributed by atoms with Crippen LogP contribution in [0.2, 0.25) is 0 Å². The summed E-state index contributed by atoms with van der Waals surface area (Å²) in [6, 6.07) is 4.41. The van der Waals surface area contributed by atoms with E-state index in [4.69, 9.17) is 0 Å². The minimum Gasteiger partial charge on any atom is -0.388 e. The maximum absolute atomic E-state index is 10.9. The Labute approximate surface area is 130 Å². The van der Waals surface area contributed by atoms with E-state index < -0.39 is 0 Å². The molecule has 0 aromatic heterocycles. The van der Waals surface area contributed by atoms with E-state index >= 15 is 0 Å². The van der Waals surface area contributed by atoms with E-state index in [2.05, 4.69) is 39.8 Å². The smallest absolute Gasteiger partial charge is 0.0823 e. The zero-order valence-corrected chi connectivity index (χ0v) is 14.3. The summed E-state index contributed by atoms with van der Waals surface area (Å²) < 4.78 is 0. The van der Waals surface area contributed by atoms with E-state index in [9.17, 15) is 5.11 Å². The first-order chi connectivity index (χ1) is 10.0. The molecule has 0 aliphatic heterocycles. The van der Waals surface area contributed by atoms with E-state index in [0.717, 1.165) is 5.92 Å². The van der Waals surface area contributed by atoms with Crippen molar-refractivity contribution in [2.45, 2.75) is 78.7 Å². The molecule has 118 valence electrons. The molecule has 0 amide bonds. The fraction of sp³-hybridized carbons (Fsp3) is 0.700. The molecule has 1 unspecified atom stereocenters. The standard InChI is InChI=1S/C20H32O/c1-5-6-7-17-8-10-18(11-9-17)20(21)19-15(3)12-14(2)13-16(19)4/h12-13,17-18,20-21H,5-11H2,1-4H3. The largest absolute Gasteiger partial charge is 0.388 e. The first-order valence-corrected chi connectivity index (χ1v) is 8.78. The molecule has 1 aromatic carbocycles. The molecule has 0 bridgehead atoms. The number of unbranched alkanes of at least 4 members (excludes halogenated alkanes) is 1. The molecule has 1 aliphatic carbocycles. The molecule has 2 rings (SSSR count). The lowest BCUT2D eigenvalue weighted by atomic mass is 9.75. The third kappa shape index (κ3) is 4.10. The molecule has 0 heterocycles. The Bertz CT molecular complexity index is 432. The van der Waals surface area contributed by atoms with Crippen LogP contribution in [0.3, 0.4) is 0 Å². The zero-order valence-electron chi connectivity index (χ0n) is 14.3. The van der Waals surface area contributed by atoms with Gasteiger partial charge in [0.05, 0.1) is 6.10 Å². The van der Waals surface area contributed by atoms with Crippen LogP contribution in [0, 0.1) is 32.6 Å². The number of hydrogen-bond donors (Lipinski definition) is 1. The average molecular weight is 288 g/mol. The topological polar surface area (TPSA) is 20.2 Å². The van der Waals surface area contributed by atoms with Gasteiger partial charge in [0.15, 0.2) is 0 Å². The maximum atomic E-state index is 10.9. The lowest BCUT2D eigenvalue weighted by molar-refractivity contribution is 0.0710. The van der Waals surface area contributed by atoms with Gasteiger partial charge in [0.2, 0.25) is 0 Å². The molecule has 1 heteroatoms.